The number of aliphatic hydroxyl groups excluding tert-OH is 1. The van der Waals surface area contributed by atoms with Gasteiger partial charge in [-0.3, -0.25) is 4.90 Å². The fourth-order valence-corrected chi connectivity index (χ4v) is 3.68. The second kappa shape index (κ2) is 9.44. The van der Waals surface area contributed by atoms with Gasteiger partial charge in [0.2, 0.25) is 0 Å². The SMILES string of the molecule is CCC(CSC)N(C)Cc1ccc(C#CCCO)s1. The van der Waals surface area contributed by atoms with Crippen molar-refractivity contribution in [1.82, 2.24) is 4.90 Å². The molecule has 0 saturated heterocycles. The van der Waals surface area contributed by atoms with Crippen molar-refractivity contribution in [3.05, 3.63) is 21.9 Å². The number of thiophene rings is 1. The molecule has 1 aromatic rings. The van der Waals surface area contributed by atoms with Crippen molar-refractivity contribution in [3.63, 3.8) is 0 Å². The Labute approximate surface area is 125 Å². The highest BCUT2D eigenvalue weighted by Crippen LogP contribution is 2.19. The second-order valence-electron chi connectivity index (χ2n) is 4.47. The minimum Gasteiger partial charge on any atom is -0.395 e. The Morgan fingerprint density at radius 3 is 2.89 bits per heavy atom. The fraction of sp³-hybridized carbons (Fsp3) is 0.600. The first-order valence-electron chi connectivity index (χ1n) is 6.58. The van der Waals surface area contributed by atoms with Gasteiger partial charge in [0.15, 0.2) is 0 Å². The van der Waals surface area contributed by atoms with Crippen LogP contribution >= 0.6 is 23.1 Å². The summed E-state index contributed by atoms with van der Waals surface area (Å²) in [6.07, 6.45) is 3.90. The first kappa shape index (κ1) is 16.6. The van der Waals surface area contributed by atoms with Crippen LogP contribution in [0.5, 0.6) is 0 Å². The van der Waals surface area contributed by atoms with Crippen molar-refractivity contribution in [2.24, 2.45) is 0 Å². The molecule has 0 fully saturated rings. The standard InChI is InChI=1S/C15H23NOS2/c1-4-13(12-18-3)16(2)11-15-9-8-14(19-15)7-5-6-10-17/h8-9,13,17H,4,6,10-12H2,1-3H3. The maximum Gasteiger partial charge on any atom is 0.0771 e. The molecule has 0 spiro atoms. The van der Waals surface area contributed by atoms with E-state index in [1.165, 1.54) is 17.1 Å². The van der Waals surface area contributed by atoms with E-state index in [2.05, 4.69) is 49.1 Å². The van der Waals surface area contributed by atoms with Gasteiger partial charge in [-0.2, -0.15) is 11.8 Å². The topological polar surface area (TPSA) is 23.5 Å². The second-order valence-corrected chi connectivity index (χ2v) is 6.55. The molecule has 106 valence electrons. The number of aliphatic hydroxyl groups is 1. The highest BCUT2D eigenvalue weighted by atomic mass is 32.2. The zero-order valence-electron chi connectivity index (χ0n) is 12.0. The van der Waals surface area contributed by atoms with Gasteiger partial charge in [-0.15, -0.1) is 11.3 Å². The van der Waals surface area contributed by atoms with Crippen LogP contribution in [-0.2, 0) is 6.54 Å². The van der Waals surface area contributed by atoms with Crippen molar-refractivity contribution >= 4 is 23.1 Å². The van der Waals surface area contributed by atoms with Crippen molar-refractivity contribution in [2.75, 3.05) is 25.7 Å². The van der Waals surface area contributed by atoms with E-state index in [1.54, 1.807) is 11.3 Å². The Morgan fingerprint density at radius 1 is 1.47 bits per heavy atom. The zero-order valence-corrected chi connectivity index (χ0v) is 13.6. The number of hydrogen-bond acceptors (Lipinski definition) is 4. The van der Waals surface area contributed by atoms with Crippen LogP contribution in [0.2, 0.25) is 0 Å². The molecule has 0 aliphatic carbocycles. The monoisotopic (exact) mass is 297 g/mol. The van der Waals surface area contributed by atoms with Gasteiger partial charge in [0.1, 0.15) is 0 Å². The summed E-state index contributed by atoms with van der Waals surface area (Å²) in [6, 6.07) is 4.88. The van der Waals surface area contributed by atoms with E-state index >= 15 is 0 Å². The molecule has 2 nitrogen and oxygen atoms in total. The van der Waals surface area contributed by atoms with Gasteiger partial charge in [0.25, 0.3) is 0 Å². The van der Waals surface area contributed by atoms with Crippen LogP contribution in [0.15, 0.2) is 12.1 Å². The summed E-state index contributed by atoms with van der Waals surface area (Å²) in [5, 5.41) is 8.70. The average molecular weight is 297 g/mol. The van der Waals surface area contributed by atoms with Gasteiger partial charge in [0.05, 0.1) is 11.5 Å². The van der Waals surface area contributed by atoms with Crippen molar-refractivity contribution in [3.8, 4) is 11.8 Å². The number of nitrogens with zero attached hydrogens (tertiary/aromatic N) is 1. The zero-order chi connectivity index (χ0) is 14.1. The maximum absolute atomic E-state index is 8.70. The molecule has 1 rings (SSSR count). The number of rotatable bonds is 7. The van der Waals surface area contributed by atoms with E-state index in [0.29, 0.717) is 12.5 Å². The third-order valence-corrected chi connectivity index (χ3v) is 4.67. The van der Waals surface area contributed by atoms with E-state index in [9.17, 15) is 0 Å². The quantitative estimate of drug-likeness (QED) is 0.783. The van der Waals surface area contributed by atoms with Gasteiger partial charge < -0.3 is 5.11 Å². The van der Waals surface area contributed by atoms with Crippen molar-refractivity contribution in [1.29, 1.82) is 0 Å². The van der Waals surface area contributed by atoms with E-state index in [0.717, 1.165) is 11.4 Å². The predicted octanol–water partition coefficient (Wildman–Crippen LogP) is 3.06. The molecule has 4 heteroatoms. The largest absolute Gasteiger partial charge is 0.395 e. The van der Waals surface area contributed by atoms with Crippen molar-refractivity contribution < 1.29 is 5.11 Å². The Balaban J connectivity index is 2.55. The molecule has 1 atom stereocenters. The average Bonchev–Trinajstić information content (AvgIpc) is 2.83. The van der Waals surface area contributed by atoms with E-state index in [1.807, 2.05) is 11.8 Å². The Hall–Kier alpha value is -0.470. The van der Waals surface area contributed by atoms with Gasteiger partial charge in [-0.05, 0) is 31.9 Å². The Morgan fingerprint density at radius 2 is 2.26 bits per heavy atom. The number of hydrogen-bond donors (Lipinski definition) is 1. The molecule has 1 aromatic heterocycles. The van der Waals surface area contributed by atoms with Crippen LogP contribution < -0.4 is 0 Å². The molecule has 1 N–H and O–H groups in total. The van der Waals surface area contributed by atoms with Gasteiger partial charge >= 0.3 is 0 Å². The van der Waals surface area contributed by atoms with Crippen LogP contribution in [0.1, 0.15) is 29.5 Å². The highest BCUT2D eigenvalue weighted by Gasteiger charge is 2.13. The van der Waals surface area contributed by atoms with Crippen LogP contribution in [0.25, 0.3) is 0 Å². The summed E-state index contributed by atoms with van der Waals surface area (Å²) in [5.74, 6) is 7.24. The Kier molecular flexibility index (Phi) is 8.24. The third kappa shape index (κ3) is 6.01. The van der Waals surface area contributed by atoms with E-state index < -0.39 is 0 Å². The van der Waals surface area contributed by atoms with Gasteiger partial charge in [-0.1, -0.05) is 18.8 Å². The molecule has 1 unspecified atom stereocenters. The minimum absolute atomic E-state index is 0.140. The molecule has 0 aromatic carbocycles. The summed E-state index contributed by atoms with van der Waals surface area (Å²) in [7, 11) is 2.20. The lowest BCUT2D eigenvalue weighted by atomic mass is 10.2. The molecule has 19 heavy (non-hydrogen) atoms. The molecule has 0 bridgehead atoms. The molecule has 0 saturated carbocycles. The first-order chi connectivity index (χ1) is 9.21. The predicted molar refractivity (Wildman–Crippen MR) is 86.8 cm³/mol. The molecule has 0 radical (unpaired) electrons. The number of thioether (sulfide) groups is 1. The molecule has 0 aliphatic rings. The van der Waals surface area contributed by atoms with E-state index in [-0.39, 0.29) is 6.61 Å². The van der Waals surface area contributed by atoms with Gasteiger partial charge in [-0.25, -0.2) is 0 Å². The van der Waals surface area contributed by atoms with Gasteiger partial charge in [0, 0.05) is 29.6 Å². The summed E-state index contributed by atoms with van der Waals surface area (Å²) in [5.41, 5.74) is 0. The lowest BCUT2D eigenvalue weighted by molar-refractivity contribution is 0.250. The smallest absolute Gasteiger partial charge is 0.0771 e. The van der Waals surface area contributed by atoms with E-state index in [4.69, 9.17) is 5.11 Å². The molecule has 0 amide bonds. The lowest BCUT2D eigenvalue weighted by Gasteiger charge is -2.25. The third-order valence-electron chi connectivity index (χ3n) is 2.97. The summed E-state index contributed by atoms with van der Waals surface area (Å²) < 4.78 is 0. The first-order valence-corrected chi connectivity index (χ1v) is 8.79. The minimum atomic E-state index is 0.140. The normalized spacial score (nSPS) is 12.3. The van der Waals surface area contributed by atoms with Crippen LogP contribution in [0, 0.1) is 11.8 Å². The van der Waals surface area contributed by atoms with Crippen molar-refractivity contribution in [2.45, 2.75) is 32.4 Å². The molecule has 1 heterocycles. The summed E-state index contributed by atoms with van der Waals surface area (Å²) in [6.45, 7) is 3.38. The fourth-order valence-electron chi connectivity index (χ4n) is 1.86. The summed E-state index contributed by atoms with van der Waals surface area (Å²) >= 11 is 3.66. The molecular formula is C15H23NOS2. The highest BCUT2D eigenvalue weighted by molar-refractivity contribution is 7.98. The summed E-state index contributed by atoms with van der Waals surface area (Å²) in [4.78, 5) is 4.87. The molecular weight excluding hydrogens is 274 g/mol. The van der Waals surface area contributed by atoms with Crippen LogP contribution in [0.3, 0.4) is 0 Å². The Bertz CT molecular complexity index is 419. The van der Waals surface area contributed by atoms with Crippen LogP contribution in [-0.4, -0.2) is 41.7 Å². The van der Waals surface area contributed by atoms with Crippen LogP contribution in [0.4, 0.5) is 0 Å². The molecule has 0 aliphatic heterocycles. The lowest BCUT2D eigenvalue weighted by Crippen LogP contribution is -2.32. The maximum atomic E-state index is 8.70.